The van der Waals surface area contributed by atoms with Crippen molar-refractivity contribution in [2.75, 3.05) is 0 Å². The van der Waals surface area contributed by atoms with Crippen molar-refractivity contribution in [1.82, 2.24) is 5.32 Å². The van der Waals surface area contributed by atoms with Crippen LogP contribution in [0.1, 0.15) is 18.9 Å². The Balaban J connectivity index is 2.60. The highest BCUT2D eigenvalue weighted by atomic mass is 127. The van der Waals surface area contributed by atoms with Crippen molar-refractivity contribution in [3.63, 3.8) is 0 Å². The van der Waals surface area contributed by atoms with Crippen LogP contribution in [0.5, 0.6) is 0 Å². The minimum absolute atomic E-state index is 0.191. The summed E-state index contributed by atoms with van der Waals surface area (Å²) in [5, 5.41) is 11.5. The zero-order valence-electron chi connectivity index (χ0n) is 10.6. The number of nitrogens with one attached hydrogen (secondary N) is 1. The highest BCUT2D eigenvalue weighted by molar-refractivity contribution is 14.1. The van der Waals surface area contributed by atoms with Crippen molar-refractivity contribution >= 4 is 34.5 Å². The summed E-state index contributed by atoms with van der Waals surface area (Å²) in [7, 11) is 0. The molecule has 19 heavy (non-hydrogen) atoms. The number of carboxylic acid groups (broad SMARTS) is 1. The summed E-state index contributed by atoms with van der Waals surface area (Å²) in [5.74, 6) is -1.30. The molecular weight excluding hydrogens is 357 g/mol. The summed E-state index contributed by atoms with van der Waals surface area (Å²) in [5.41, 5.74) is 0.875. The molecule has 0 aromatic heterocycles. The van der Waals surface area contributed by atoms with E-state index in [2.05, 4.69) is 27.9 Å². The molecule has 1 unspecified atom stereocenters. The van der Waals surface area contributed by atoms with Crippen LogP contribution in [0.3, 0.4) is 0 Å². The lowest BCUT2D eigenvalue weighted by atomic mass is 10.1. The van der Waals surface area contributed by atoms with E-state index in [9.17, 15) is 9.59 Å². The maximum atomic E-state index is 11.8. The number of rotatable bonds is 6. The van der Waals surface area contributed by atoms with Crippen molar-refractivity contribution < 1.29 is 14.7 Å². The largest absolute Gasteiger partial charge is 0.480 e. The van der Waals surface area contributed by atoms with Gasteiger partial charge < -0.3 is 10.4 Å². The van der Waals surface area contributed by atoms with Gasteiger partial charge in [-0.05, 0) is 53.6 Å². The number of benzene rings is 1. The zero-order valence-corrected chi connectivity index (χ0v) is 12.8. The minimum Gasteiger partial charge on any atom is -0.480 e. The van der Waals surface area contributed by atoms with Crippen LogP contribution in [0.2, 0.25) is 0 Å². The van der Waals surface area contributed by atoms with Gasteiger partial charge in [-0.1, -0.05) is 24.3 Å². The zero-order chi connectivity index (χ0) is 14.3. The second-order valence-corrected chi connectivity index (χ2v) is 5.32. The van der Waals surface area contributed by atoms with Crippen molar-refractivity contribution in [1.29, 1.82) is 0 Å². The van der Waals surface area contributed by atoms with Gasteiger partial charge in [0.2, 0.25) is 5.91 Å². The molecule has 1 atom stereocenters. The molecule has 0 saturated carbocycles. The lowest BCUT2D eigenvalue weighted by molar-refractivity contribution is -0.141. The lowest BCUT2D eigenvalue weighted by Gasteiger charge is -2.12. The van der Waals surface area contributed by atoms with Crippen molar-refractivity contribution in [2.24, 2.45) is 0 Å². The van der Waals surface area contributed by atoms with Gasteiger partial charge in [0.1, 0.15) is 6.04 Å². The van der Waals surface area contributed by atoms with E-state index in [1.165, 1.54) is 0 Å². The molecule has 0 aliphatic heterocycles. The topological polar surface area (TPSA) is 66.4 Å². The van der Waals surface area contributed by atoms with Gasteiger partial charge in [-0.15, -0.1) is 0 Å². The molecule has 1 amide bonds. The Bertz CT molecular complexity index is 485. The molecule has 0 saturated heterocycles. The maximum Gasteiger partial charge on any atom is 0.326 e. The van der Waals surface area contributed by atoms with Gasteiger partial charge in [-0.3, -0.25) is 4.79 Å². The van der Waals surface area contributed by atoms with Crippen LogP contribution in [-0.2, 0) is 16.0 Å². The van der Waals surface area contributed by atoms with E-state index in [0.717, 1.165) is 9.13 Å². The fourth-order valence-electron chi connectivity index (χ4n) is 1.57. The maximum absolute atomic E-state index is 11.8. The number of carbonyl (C=O) groups excluding carboxylic acids is 1. The number of halogens is 1. The smallest absolute Gasteiger partial charge is 0.326 e. The highest BCUT2D eigenvalue weighted by Crippen LogP contribution is 2.08. The third-order valence-corrected chi connectivity index (χ3v) is 3.17. The van der Waals surface area contributed by atoms with E-state index in [1.807, 2.05) is 31.2 Å². The Morgan fingerprint density at radius 3 is 2.79 bits per heavy atom. The Morgan fingerprint density at radius 1 is 1.47 bits per heavy atom. The third kappa shape index (κ3) is 5.87. The first-order valence-corrected chi connectivity index (χ1v) is 6.98. The molecule has 102 valence electrons. The van der Waals surface area contributed by atoms with Crippen LogP contribution in [-0.4, -0.2) is 23.0 Å². The number of carboxylic acids is 1. The van der Waals surface area contributed by atoms with E-state index >= 15 is 0 Å². The van der Waals surface area contributed by atoms with Crippen molar-refractivity contribution in [2.45, 2.75) is 25.8 Å². The Morgan fingerprint density at radius 2 is 2.21 bits per heavy atom. The first-order chi connectivity index (χ1) is 9.02. The van der Waals surface area contributed by atoms with E-state index in [-0.39, 0.29) is 12.3 Å². The minimum atomic E-state index is -1.02. The van der Waals surface area contributed by atoms with Gasteiger partial charge in [0, 0.05) is 3.57 Å². The monoisotopic (exact) mass is 373 g/mol. The quantitative estimate of drug-likeness (QED) is 0.595. The fraction of sp³-hybridized carbons (Fsp3) is 0.286. The van der Waals surface area contributed by atoms with Crippen LogP contribution in [0.15, 0.2) is 36.4 Å². The molecular formula is C14H16INO3. The van der Waals surface area contributed by atoms with Crippen molar-refractivity contribution in [3.05, 3.63) is 45.6 Å². The molecule has 1 rings (SSSR count). The summed E-state index contributed by atoms with van der Waals surface area (Å²) < 4.78 is 1.05. The average Bonchev–Trinajstić information content (AvgIpc) is 2.34. The van der Waals surface area contributed by atoms with Gasteiger partial charge in [0.15, 0.2) is 0 Å². The summed E-state index contributed by atoms with van der Waals surface area (Å²) in [6.45, 7) is 1.81. The lowest BCUT2D eigenvalue weighted by Crippen LogP contribution is -2.41. The summed E-state index contributed by atoms with van der Waals surface area (Å²) in [6.07, 6.45) is 3.98. The van der Waals surface area contributed by atoms with Crippen LogP contribution in [0.4, 0.5) is 0 Å². The molecule has 2 N–H and O–H groups in total. The molecule has 1 aromatic rings. The summed E-state index contributed by atoms with van der Waals surface area (Å²) in [4.78, 5) is 22.8. The molecule has 1 aromatic carbocycles. The second kappa shape index (κ2) is 7.93. The predicted molar refractivity (Wildman–Crippen MR) is 81.9 cm³/mol. The van der Waals surface area contributed by atoms with Crippen LogP contribution < -0.4 is 5.32 Å². The Kier molecular flexibility index (Phi) is 6.55. The third-order valence-electron chi connectivity index (χ3n) is 2.49. The number of amides is 1. The molecule has 4 nitrogen and oxygen atoms in total. The van der Waals surface area contributed by atoms with Crippen molar-refractivity contribution in [3.8, 4) is 0 Å². The molecule has 0 spiro atoms. The van der Waals surface area contributed by atoms with Crippen LogP contribution in [0, 0.1) is 3.57 Å². The summed E-state index contributed by atoms with van der Waals surface area (Å²) in [6, 6.07) is 6.70. The Labute approximate surface area is 126 Å². The van der Waals surface area contributed by atoms with E-state index in [0.29, 0.717) is 6.42 Å². The Hall–Kier alpha value is -1.37. The first kappa shape index (κ1) is 15.7. The number of allylic oxidation sites excluding steroid dienone is 1. The van der Waals surface area contributed by atoms with Gasteiger partial charge in [-0.2, -0.15) is 0 Å². The van der Waals surface area contributed by atoms with Crippen LogP contribution >= 0.6 is 22.6 Å². The number of hydrogen-bond donors (Lipinski definition) is 2. The van der Waals surface area contributed by atoms with Gasteiger partial charge in [0.05, 0.1) is 6.42 Å². The molecule has 0 fully saturated rings. The van der Waals surface area contributed by atoms with Gasteiger partial charge >= 0.3 is 5.97 Å². The second-order valence-electron chi connectivity index (χ2n) is 4.07. The molecule has 0 heterocycles. The molecule has 0 bridgehead atoms. The average molecular weight is 373 g/mol. The number of hydrogen-bond acceptors (Lipinski definition) is 2. The standard InChI is InChI=1S/C14H16INO3/c1-2-3-7-12(14(18)19)16-13(17)9-10-5-4-6-11(15)8-10/h2-6,8,12H,7,9H2,1H3,(H,16,17)(H,18,19)/b3-2+. The van der Waals surface area contributed by atoms with Crippen LogP contribution in [0.25, 0.3) is 0 Å². The van der Waals surface area contributed by atoms with Gasteiger partial charge in [0.25, 0.3) is 0 Å². The van der Waals surface area contributed by atoms with E-state index < -0.39 is 12.0 Å². The normalized spacial score (nSPS) is 12.3. The fourth-order valence-corrected chi connectivity index (χ4v) is 2.18. The molecule has 5 heteroatoms. The predicted octanol–water partition coefficient (Wildman–Crippen LogP) is 2.37. The molecule has 0 aliphatic carbocycles. The molecule has 0 radical (unpaired) electrons. The summed E-state index contributed by atoms with van der Waals surface area (Å²) >= 11 is 2.17. The number of carbonyl (C=O) groups is 2. The number of aliphatic carboxylic acids is 1. The van der Waals surface area contributed by atoms with E-state index in [4.69, 9.17) is 5.11 Å². The first-order valence-electron chi connectivity index (χ1n) is 5.90. The highest BCUT2D eigenvalue weighted by Gasteiger charge is 2.18. The SMILES string of the molecule is C/C=C/CC(NC(=O)Cc1cccc(I)c1)C(=O)O. The molecule has 0 aliphatic rings. The van der Waals surface area contributed by atoms with Gasteiger partial charge in [-0.25, -0.2) is 4.79 Å². The van der Waals surface area contributed by atoms with E-state index in [1.54, 1.807) is 12.2 Å².